The first kappa shape index (κ1) is 23.3. The van der Waals surface area contributed by atoms with Crippen LogP contribution in [0.4, 0.5) is 0 Å². The maximum absolute atomic E-state index is 12.8. The number of ether oxygens (including phenoxy) is 1. The van der Waals surface area contributed by atoms with Crippen LogP contribution in [0.2, 0.25) is 0 Å². The monoisotopic (exact) mass is 506 g/mol. The van der Waals surface area contributed by atoms with Crippen LogP contribution in [-0.2, 0) is 23.9 Å². The van der Waals surface area contributed by atoms with Crippen molar-refractivity contribution in [2.24, 2.45) is 0 Å². The third-order valence-corrected chi connectivity index (χ3v) is 8.35. The van der Waals surface area contributed by atoms with Crippen LogP contribution in [0.5, 0.6) is 0 Å². The van der Waals surface area contributed by atoms with E-state index in [0.717, 1.165) is 9.35 Å². The van der Waals surface area contributed by atoms with Gasteiger partial charge in [0, 0.05) is 17.1 Å². The Morgan fingerprint density at radius 3 is 2.76 bits per heavy atom. The minimum Gasteiger partial charge on any atom is -0.477 e. The molecule has 4 rings (SSSR count). The number of nitrogens with zero attached hydrogens (tertiary/aromatic N) is 3. The summed E-state index contributed by atoms with van der Waals surface area (Å²) < 4.78 is 5.66. The predicted octanol–water partition coefficient (Wildman–Crippen LogP) is 1.59. The van der Waals surface area contributed by atoms with Gasteiger partial charge in [0.2, 0.25) is 6.10 Å². The highest BCUT2D eigenvalue weighted by molar-refractivity contribution is 8.01. The molecule has 2 unspecified atom stereocenters. The molecule has 0 bridgehead atoms. The zero-order valence-corrected chi connectivity index (χ0v) is 19.6. The third-order valence-electron chi connectivity index (χ3n) is 4.96. The number of hydrogen-bond donors (Lipinski definition) is 2. The average Bonchev–Trinajstić information content (AvgIpc) is 3.24. The molecule has 172 valence electrons. The number of β-lactam (4-membered cyclic amide) rings is 1. The Morgan fingerprint density at radius 2 is 2.12 bits per heavy atom. The summed E-state index contributed by atoms with van der Waals surface area (Å²) in [6.07, 6.45) is -1.21. The first-order valence-electron chi connectivity index (χ1n) is 9.68. The summed E-state index contributed by atoms with van der Waals surface area (Å²) in [4.78, 5) is 49.7. The summed E-state index contributed by atoms with van der Waals surface area (Å²) in [5, 5.41) is 20.6. The van der Waals surface area contributed by atoms with Crippen LogP contribution in [-0.4, -0.2) is 67.4 Å². The molecular weight excluding hydrogens is 488 g/mol. The van der Waals surface area contributed by atoms with E-state index < -0.39 is 35.3 Å². The Bertz CT molecular complexity index is 1120. The predicted molar refractivity (Wildman–Crippen MR) is 121 cm³/mol. The number of carbonyl (C=O) groups excluding carboxylic acids is 3. The number of aryl methyl sites for hydroxylation is 1. The van der Waals surface area contributed by atoms with Gasteiger partial charge in [-0.05, 0) is 12.5 Å². The molecule has 3 atom stereocenters. The van der Waals surface area contributed by atoms with E-state index in [1.807, 2.05) is 6.92 Å². The van der Waals surface area contributed by atoms with E-state index >= 15 is 0 Å². The normalized spacial score (nSPS) is 20.5. The Balaban J connectivity index is 1.47. The summed E-state index contributed by atoms with van der Waals surface area (Å²) in [5.74, 6) is -1.62. The molecule has 13 heteroatoms. The summed E-state index contributed by atoms with van der Waals surface area (Å²) in [6.45, 7) is 2.01. The highest BCUT2D eigenvalue weighted by atomic mass is 32.2. The number of carboxylic acid groups (broad SMARTS) is 1. The van der Waals surface area contributed by atoms with Gasteiger partial charge in [-0.25, -0.2) is 4.79 Å². The lowest BCUT2D eigenvalue weighted by molar-refractivity contribution is -0.154. The molecule has 2 amide bonds. The first-order chi connectivity index (χ1) is 15.9. The summed E-state index contributed by atoms with van der Waals surface area (Å²) in [5.41, 5.74) is 0.997. The number of carbonyl (C=O) groups is 4. The van der Waals surface area contributed by atoms with Crippen molar-refractivity contribution >= 4 is 59.1 Å². The van der Waals surface area contributed by atoms with E-state index in [-0.39, 0.29) is 12.2 Å². The molecule has 10 nitrogen and oxygen atoms in total. The largest absolute Gasteiger partial charge is 0.477 e. The summed E-state index contributed by atoms with van der Waals surface area (Å²) in [6, 6.07) is 7.50. The van der Waals surface area contributed by atoms with E-state index in [2.05, 4.69) is 15.5 Å². The fraction of sp³-hybridized carbons (Fsp3) is 0.300. The Morgan fingerprint density at radius 1 is 1.36 bits per heavy atom. The van der Waals surface area contributed by atoms with Gasteiger partial charge >= 0.3 is 5.97 Å². The highest BCUT2D eigenvalue weighted by Gasteiger charge is 2.54. The number of aliphatic carboxylic acids is 1. The third kappa shape index (κ3) is 4.75. The Kier molecular flexibility index (Phi) is 7.00. The molecule has 2 aliphatic heterocycles. The molecule has 1 fully saturated rings. The fourth-order valence-corrected chi connectivity index (χ4v) is 6.78. The van der Waals surface area contributed by atoms with Crippen LogP contribution < -0.4 is 5.32 Å². The van der Waals surface area contributed by atoms with Crippen LogP contribution in [0.15, 0.2) is 45.9 Å². The molecule has 0 spiro atoms. The molecule has 2 N–H and O–H groups in total. The molecule has 2 aromatic rings. The molecule has 33 heavy (non-hydrogen) atoms. The smallest absolute Gasteiger partial charge is 0.352 e. The molecule has 0 aliphatic carbocycles. The zero-order valence-electron chi connectivity index (χ0n) is 17.2. The molecule has 1 saturated heterocycles. The van der Waals surface area contributed by atoms with E-state index in [0.29, 0.717) is 22.6 Å². The number of benzene rings is 1. The van der Waals surface area contributed by atoms with Crippen molar-refractivity contribution in [3.8, 4) is 0 Å². The van der Waals surface area contributed by atoms with Crippen molar-refractivity contribution in [1.29, 1.82) is 0 Å². The van der Waals surface area contributed by atoms with Crippen LogP contribution in [0.25, 0.3) is 0 Å². The molecule has 2 aliphatic rings. The molecule has 1 aromatic carbocycles. The number of carboxylic acids is 1. The molecule has 0 saturated carbocycles. The number of aromatic nitrogens is 2. The maximum atomic E-state index is 12.8. The van der Waals surface area contributed by atoms with Crippen molar-refractivity contribution in [2.75, 3.05) is 11.5 Å². The lowest BCUT2D eigenvalue weighted by Crippen LogP contribution is -2.71. The zero-order chi connectivity index (χ0) is 23.5. The van der Waals surface area contributed by atoms with Crippen molar-refractivity contribution in [1.82, 2.24) is 20.4 Å². The van der Waals surface area contributed by atoms with Gasteiger partial charge in [-0.3, -0.25) is 19.3 Å². The van der Waals surface area contributed by atoms with Gasteiger partial charge in [-0.1, -0.05) is 53.4 Å². The summed E-state index contributed by atoms with van der Waals surface area (Å²) in [7, 11) is 0. The summed E-state index contributed by atoms with van der Waals surface area (Å²) >= 11 is 4.15. The minimum atomic E-state index is -1.21. The minimum absolute atomic E-state index is 0.0632. The van der Waals surface area contributed by atoms with Gasteiger partial charge < -0.3 is 15.2 Å². The standard InChI is InChI=1S/C20H18N4O6S3/c1-10-22-23-20(33-10)32-8-12-7-31-18-13(17(27)24(18)14(12)19(28)29)21-16(26)15(30-9-25)11-5-3-2-4-6-11/h2-6,9,13,15,18H,7-8H2,1H3,(H,21,26)(H,28,29)/t13?,15?,18-/m0/s1. The van der Waals surface area contributed by atoms with Gasteiger partial charge in [0.15, 0.2) is 4.34 Å². The lowest BCUT2D eigenvalue weighted by atomic mass is 10.0. The van der Waals surface area contributed by atoms with E-state index in [1.165, 1.54) is 39.8 Å². The quantitative estimate of drug-likeness (QED) is 0.293. The maximum Gasteiger partial charge on any atom is 0.352 e. The molecule has 1 aromatic heterocycles. The second kappa shape index (κ2) is 9.93. The topological polar surface area (TPSA) is 139 Å². The number of rotatable bonds is 9. The van der Waals surface area contributed by atoms with Crippen LogP contribution in [0, 0.1) is 6.92 Å². The highest BCUT2D eigenvalue weighted by Crippen LogP contribution is 2.42. The first-order valence-corrected chi connectivity index (χ1v) is 12.5. The van der Waals surface area contributed by atoms with Crippen LogP contribution in [0.1, 0.15) is 16.7 Å². The Labute approximate surface area is 200 Å². The SMILES string of the molecule is Cc1nnc(SCC2=C(C(=O)O)N3C(=O)C(NC(=O)C(OC=O)c4ccccc4)[C@@H]3SC2)s1. The molecular formula is C20H18N4O6S3. The number of nitrogens with one attached hydrogen (secondary N) is 1. The average molecular weight is 507 g/mol. The number of amides is 2. The lowest BCUT2D eigenvalue weighted by Gasteiger charge is -2.49. The molecule has 0 radical (unpaired) electrons. The number of fused-ring (bicyclic) bond motifs is 1. The van der Waals surface area contributed by atoms with Gasteiger partial charge in [-0.2, -0.15) is 0 Å². The Hall–Kier alpha value is -2.90. The van der Waals surface area contributed by atoms with Gasteiger partial charge in [-0.15, -0.1) is 22.0 Å². The van der Waals surface area contributed by atoms with Gasteiger partial charge in [0.1, 0.15) is 22.1 Å². The van der Waals surface area contributed by atoms with Crippen molar-refractivity contribution in [3.63, 3.8) is 0 Å². The van der Waals surface area contributed by atoms with E-state index in [9.17, 15) is 24.3 Å². The van der Waals surface area contributed by atoms with Gasteiger partial charge in [0.25, 0.3) is 18.3 Å². The second-order valence-corrected chi connectivity index (χ2v) is 10.6. The van der Waals surface area contributed by atoms with Gasteiger partial charge in [0.05, 0.1) is 0 Å². The van der Waals surface area contributed by atoms with Crippen LogP contribution >= 0.6 is 34.9 Å². The van der Waals surface area contributed by atoms with Crippen molar-refractivity contribution < 1.29 is 29.0 Å². The number of thioether (sulfide) groups is 2. The van der Waals surface area contributed by atoms with E-state index in [1.54, 1.807) is 30.3 Å². The van der Waals surface area contributed by atoms with Crippen molar-refractivity contribution in [3.05, 3.63) is 52.2 Å². The second-order valence-electron chi connectivity index (χ2n) is 7.05. The van der Waals surface area contributed by atoms with E-state index in [4.69, 9.17) is 4.74 Å². The molecule has 3 heterocycles. The fourth-order valence-electron chi connectivity index (χ4n) is 3.48. The van der Waals surface area contributed by atoms with Crippen LogP contribution in [0.3, 0.4) is 0 Å². The number of hydrogen-bond acceptors (Lipinski definition) is 10. The van der Waals surface area contributed by atoms with Crippen molar-refractivity contribution in [2.45, 2.75) is 28.8 Å².